The van der Waals surface area contributed by atoms with Crippen LogP contribution < -0.4 is 0 Å². The number of fused-ring (bicyclic) bond motifs is 3. The second kappa shape index (κ2) is 5.47. The first-order chi connectivity index (χ1) is 11.5. The maximum absolute atomic E-state index is 13.0. The zero-order valence-corrected chi connectivity index (χ0v) is 14.9. The van der Waals surface area contributed by atoms with Gasteiger partial charge in [0.05, 0.1) is 5.41 Å². The minimum Gasteiger partial charge on any atom is -0.384 e. The van der Waals surface area contributed by atoms with Gasteiger partial charge in [-0.25, -0.2) is 0 Å². The fourth-order valence-electron chi connectivity index (χ4n) is 4.56. The molecule has 0 aromatic heterocycles. The highest BCUT2D eigenvalue weighted by atomic mass is 32.2. The third kappa shape index (κ3) is 2.11. The monoisotopic (exact) mass is 338 g/mol. The summed E-state index contributed by atoms with van der Waals surface area (Å²) in [7, 11) is 0. The number of hydrogen-bond donors (Lipinski definition) is 1. The second-order valence-corrected chi connectivity index (χ2v) is 8.21. The highest BCUT2D eigenvalue weighted by Crippen LogP contribution is 2.59. The van der Waals surface area contributed by atoms with Crippen molar-refractivity contribution in [1.82, 2.24) is 0 Å². The lowest BCUT2D eigenvalue weighted by Crippen LogP contribution is -2.51. The SMILES string of the molecule is CSc1ccc([C@@H]2CC(=O)[C@]3(C)Cc4ccccc4[C@]3(O)C2)cc1. The second-order valence-electron chi connectivity index (χ2n) is 7.33. The maximum Gasteiger partial charge on any atom is 0.142 e. The number of benzene rings is 2. The first kappa shape index (κ1) is 15.9. The summed E-state index contributed by atoms with van der Waals surface area (Å²) < 4.78 is 0. The van der Waals surface area contributed by atoms with Crippen LogP contribution in [-0.4, -0.2) is 17.1 Å². The molecule has 0 saturated heterocycles. The van der Waals surface area contributed by atoms with Crippen LogP contribution in [0.15, 0.2) is 53.4 Å². The van der Waals surface area contributed by atoms with Crippen LogP contribution in [0.1, 0.15) is 42.4 Å². The lowest BCUT2D eigenvalue weighted by atomic mass is 9.60. The van der Waals surface area contributed by atoms with Crippen molar-refractivity contribution in [2.45, 2.75) is 42.6 Å². The van der Waals surface area contributed by atoms with Gasteiger partial charge in [0.15, 0.2) is 0 Å². The molecule has 2 aromatic rings. The van der Waals surface area contributed by atoms with E-state index in [0.29, 0.717) is 19.3 Å². The molecule has 0 amide bonds. The van der Waals surface area contributed by atoms with Crippen molar-refractivity contribution in [3.8, 4) is 0 Å². The Kier molecular flexibility index (Phi) is 3.63. The number of carbonyl (C=O) groups excluding carboxylic acids is 1. The Hall–Kier alpha value is -1.58. The Morgan fingerprint density at radius 1 is 1.12 bits per heavy atom. The Balaban J connectivity index is 1.75. The topological polar surface area (TPSA) is 37.3 Å². The summed E-state index contributed by atoms with van der Waals surface area (Å²) in [5, 5.41) is 11.6. The van der Waals surface area contributed by atoms with E-state index >= 15 is 0 Å². The number of Topliss-reactive ketones (excluding diaryl/α,β-unsaturated/α-hetero) is 1. The van der Waals surface area contributed by atoms with E-state index in [0.717, 1.165) is 16.7 Å². The molecule has 2 aliphatic carbocycles. The summed E-state index contributed by atoms with van der Waals surface area (Å²) in [5.74, 6) is 0.268. The van der Waals surface area contributed by atoms with Crippen molar-refractivity contribution < 1.29 is 9.90 Å². The molecule has 0 spiro atoms. The van der Waals surface area contributed by atoms with Crippen LogP contribution in [0, 0.1) is 5.41 Å². The van der Waals surface area contributed by atoms with Crippen LogP contribution in [0.5, 0.6) is 0 Å². The fraction of sp³-hybridized carbons (Fsp3) is 0.381. The zero-order valence-electron chi connectivity index (χ0n) is 14.1. The van der Waals surface area contributed by atoms with E-state index in [9.17, 15) is 9.90 Å². The molecule has 124 valence electrons. The Bertz CT molecular complexity index is 798. The van der Waals surface area contributed by atoms with E-state index in [-0.39, 0.29) is 11.7 Å². The molecule has 3 atom stereocenters. The van der Waals surface area contributed by atoms with E-state index in [4.69, 9.17) is 0 Å². The molecule has 1 fully saturated rings. The van der Waals surface area contributed by atoms with Crippen molar-refractivity contribution in [3.63, 3.8) is 0 Å². The van der Waals surface area contributed by atoms with Crippen LogP contribution in [-0.2, 0) is 16.8 Å². The highest BCUT2D eigenvalue weighted by molar-refractivity contribution is 7.98. The minimum atomic E-state index is -1.05. The molecule has 0 bridgehead atoms. The third-order valence-electron chi connectivity index (χ3n) is 6.10. The lowest BCUT2D eigenvalue weighted by molar-refractivity contribution is -0.155. The molecule has 1 saturated carbocycles. The van der Waals surface area contributed by atoms with E-state index in [1.54, 1.807) is 11.8 Å². The van der Waals surface area contributed by atoms with Gasteiger partial charge in [-0.2, -0.15) is 0 Å². The normalized spacial score (nSPS) is 31.6. The van der Waals surface area contributed by atoms with Gasteiger partial charge in [-0.15, -0.1) is 11.8 Å². The van der Waals surface area contributed by atoms with Crippen molar-refractivity contribution in [1.29, 1.82) is 0 Å². The smallest absolute Gasteiger partial charge is 0.142 e. The maximum atomic E-state index is 13.0. The van der Waals surface area contributed by atoms with Crippen LogP contribution >= 0.6 is 11.8 Å². The van der Waals surface area contributed by atoms with E-state index in [1.807, 2.05) is 31.2 Å². The Morgan fingerprint density at radius 2 is 1.83 bits per heavy atom. The molecular formula is C21H22O2S. The number of aliphatic hydroxyl groups is 1. The molecule has 1 N–H and O–H groups in total. The van der Waals surface area contributed by atoms with Crippen LogP contribution in [0.3, 0.4) is 0 Å². The molecule has 2 aromatic carbocycles. The van der Waals surface area contributed by atoms with Crippen molar-refractivity contribution in [2.24, 2.45) is 5.41 Å². The van der Waals surface area contributed by atoms with E-state index in [1.165, 1.54) is 4.90 Å². The van der Waals surface area contributed by atoms with Gasteiger partial charge in [0.1, 0.15) is 11.4 Å². The van der Waals surface area contributed by atoms with Crippen molar-refractivity contribution in [3.05, 3.63) is 65.2 Å². The number of thioether (sulfide) groups is 1. The molecule has 4 rings (SSSR count). The van der Waals surface area contributed by atoms with Crippen LogP contribution in [0.2, 0.25) is 0 Å². The fourth-order valence-corrected chi connectivity index (χ4v) is 4.96. The molecule has 0 aliphatic heterocycles. The quantitative estimate of drug-likeness (QED) is 0.829. The number of ketones is 1. The van der Waals surface area contributed by atoms with Crippen molar-refractivity contribution in [2.75, 3.05) is 6.26 Å². The van der Waals surface area contributed by atoms with Gasteiger partial charge in [-0.3, -0.25) is 4.79 Å². The van der Waals surface area contributed by atoms with E-state index < -0.39 is 11.0 Å². The summed E-state index contributed by atoms with van der Waals surface area (Å²) in [6.45, 7) is 1.95. The molecular weight excluding hydrogens is 316 g/mol. The molecule has 2 nitrogen and oxygen atoms in total. The van der Waals surface area contributed by atoms with Gasteiger partial charge in [-0.05, 0) is 60.8 Å². The summed E-state index contributed by atoms with van der Waals surface area (Å²) in [6, 6.07) is 16.4. The lowest BCUT2D eigenvalue weighted by Gasteiger charge is -2.46. The molecule has 0 heterocycles. The largest absolute Gasteiger partial charge is 0.384 e. The highest BCUT2D eigenvalue weighted by Gasteiger charge is 2.61. The number of hydrogen-bond acceptors (Lipinski definition) is 3. The summed E-state index contributed by atoms with van der Waals surface area (Å²) in [4.78, 5) is 14.2. The average Bonchev–Trinajstić information content (AvgIpc) is 2.84. The number of rotatable bonds is 2. The molecule has 0 radical (unpaired) electrons. The summed E-state index contributed by atoms with van der Waals surface area (Å²) >= 11 is 1.71. The van der Waals surface area contributed by atoms with Gasteiger partial charge < -0.3 is 5.11 Å². The zero-order chi connectivity index (χ0) is 16.9. The molecule has 24 heavy (non-hydrogen) atoms. The number of carbonyl (C=O) groups is 1. The predicted octanol–water partition coefficient (Wildman–Crippen LogP) is 4.31. The van der Waals surface area contributed by atoms with Gasteiger partial charge >= 0.3 is 0 Å². The molecule has 0 unspecified atom stereocenters. The third-order valence-corrected chi connectivity index (χ3v) is 6.84. The predicted molar refractivity (Wildman–Crippen MR) is 97.4 cm³/mol. The first-order valence-electron chi connectivity index (χ1n) is 8.46. The van der Waals surface area contributed by atoms with Crippen LogP contribution in [0.25, 0.3) is 0 Å². The van der Waals surface area contributed by atoms with Gasteiger partial charge in [-0.1, -0.05) is 36.4 Å². The van der Waals surface area contributed by atoms with Gasteiger partial charge in [0, 0.05) is 11.3 Å². The summed E-state index contributed by atoms with van der Waals surface area (Å²) in [6.07, 6.45) is 3.84. The van der Waals surface area contributed by atoms with Crippen molar-refractivity contribution >= 4 is 17.5 Å². The summed E-state index contributed by atoms with van der Waals surface area (Å²) in [5.41, 5.74) is 1.48. The average molecular weight is 338 g/mol. The van der Waals surface area contributed by atoms with Gasteiger partial charge in [0.25, 0.3) is 0 Å². The van der Waals surface area contributed by atoms with Crippen LogP contribution in [0.4, 0.5) is 0 Å². The molecule has 3 heteroatoms. The Labute approximate surface area is 147 Å². The standard InChI is InChI=1S/C21H22O2S/c1-20-12-15-5-3-4-6-18(15)21(20,23)13-16(11-19(20)22)14-7-9-17(24-2)10-8-14/h3-10,16,23H,11-13H2,1-2H3/t16-,20+,21-/m1/s1. The van der Waals surface area contributed by atoms with Gasteiger partial charge in [0.2, 0.25) is 0 Å². The molecule has 2 aliphatic rings. The van der Waals surface area contributed by atoms with E-state index in [2.05, 4.69) is 30.5 Å². The first-order valence-corrected chi connectivity index (χ1v) is 9.68. The Morgan fingerprint density at radius 3 is 2.54 bits per heavy atom. The minimum absolute atomic E-state index is 0.0811.